The van der Waals surface area contributed by atoms with Crippen LogP contribution in [0.25, 0.3) is 0 Å². The SMILES string of the molecule is C=C(C)C.C=C(C)C.C=C(C)C.C=C(C)C.O=C(O)O. The lowest BCUT2D eigenvalue weighted by atomic mass is 10.4. The van der Waals surface area contributed by atoms with Crippen molar-refractivity contribution < 1.29 is 15.0 Å². The predicted molar refractivity (Wildman–Crippen MR) is 92.6 cm³/mol. The van der Waals surface area contributed by atoms with Gasteiger partial charge in [-0.1, -0.05) is 22.3 Å². The molecule has 2 N–H and O–H groups in total. The van der Waals surface area contributed by atoms with Gasteiger partial charge in [-0.3, -0.25) is 0 Å². The average Bonchev–Trinajstić information content (AvgIpc) is 1.94. The molecule has 0 aromatic rings. The molecular formula is C17H34O3. The van der Waals surface area contributed by atoms with Gasteiger partial charge < -0.3 is 10.2 Å². The van der Waals surface area contributed by atoms with Crippen molar-refractivity contribution in [3.05, 3.63) is 48.6 Å². The maximum absolute atomic E-state index is 8.56. The third kappa shape index (κ3) is 1200. The summed E-state index contributed by atoms with van der Waals surface area (Å²) in [5, 5.41) is 13.9. The van der Waals surface area contributed by atoms with Gasteiger partial charge in [0.05, 0.1) is 0 Å². The van der Waals surface area contributed by atoms with Crippen LogP contribution in [0.4, 0.5) is 4.79 Å². The number of hydrogen-bond acceptors (Lipinski definition) is 1. The van der Waals surface area contributed by atoms with Crippen LogP contribution >= 0.6 is 0 Å². The molecule has 0 aromatic heterocycles. The summed E-state index contributed by atoms with van der Waals surface area (Å²) in [5.74, 6) is 0. The Labute approximate surface area is 126 Å². The van der Waals surface area contributed by atoms with E-state index in [9.17, 15) is 0 Å². The highest BCUT2D eigenvalue weighted by Gasteiger charge is 1.70. The Bertz CT molecular complexity index is 197. The van der Waals surface area contributed by atoms with E-state index in [0.717, 1.165) is 0 Å². The molecule has 0 atom stereocenters. The van der Waals surface area contributed by atoms with Crippen molar-refractivity contribution >= 4 is 6.16 Å². The molecule has 0 fully saturated rings. The third-order valence-electron chi connectivity index (χ3n) is 0. The Morgan fingerprint density at radius 2 is 0.550 bits per heavy atom. The highest BCUT2D eigenvalue weighted by atomic mass is 16.6. The minimum Gasteiger partial charge on any atom is -0.450 e. The largest absolute Gasteiger partial charge is 0.503 e. The van der Waals surface area contributed by atoms with Crippen LogP contribution in [-0.4, -0.2) is 16.4 Å². The summed E-state index contributed by atoms with van der Waals surface area (Å²) in [6, 6.07) is 0. The van der Waals surface area contributed by atoms with Crippen molar-refractivity contribution in [2.45, 2.75) is 55.4 Å². The molecule has 0 bridgehead atoms. The van der Waals surface area contributed by atoms with E-state index >= 15 is 0 Å². The second-order valence-electron chi connectivity index (χ2n) is 5.11. The van der Waals surface area contributed by atoms with Crippen molar-refractivity contribution in [1.29, 1.82) is 0 Å². The lowest BCUT2D eigenvalue weighted by Gasteiger charge is -1.65. The Kier molecular flexibility index (Phi) is 40.1. The lowest BCUT2D eigenvalue weighted by Crippen LogP contribution is -1.81. The number of rotatable bonds is 0. The van der Waals surface area contributed by atoms with Crippen molar-refractivity contribution in [2.24, 2.45) is 0 Å². The van der Waals surface area contributed by atoms with E-state index in [-0.39, 0.29) is 0 Å². The molecule has 0 heterocycles. The van der Waals surface area contributed by atoms with Gasteiger partial charge in [0, 0.05) is 0 Å². The van der Waals surface area contributed by atoms with Gasteiger partial charge >= 0.3 is 6.16 Å². The van der Waals surface area contributed by atoms with Crippen LogP contribution in [-0.2, 0) is 0 Å². The Morgan fingerprint density at radius 3 is 0.550 bits per heavy atom. The quantitative estimate of drug-likeness (QED) is 0.496. The van der Waals surface area contributed by atoms with Gasteiger partial charge in [0.15, 0.2) is 0 Å². The molecule has 0 radical (unpaired) electrons. The minimum absolute atomic E-state index is 1.17. The maximum atomic E-state index is 8.56. The van der Waals surface area contributed by atoms with Crippen molar-refractivity contribution in [3.8, 4) is 0 Å². The van der Waals surface area contributed by atoms with Crippen LogP contribution < -0.4 is 0 Å². The molecule has 120 valence electrons. The second kappa shape index (κ2) is 25.9. The van der Waals surface area contributed by atoms with Gasteiger partial charge in [0.2, 0.25) is 0 Å². The van der Waals surface area contributed by atoms with E-state index in [2.05, 4.69) is 26.3 Å². The summed E-state index contributed by atoms with van der Waals surface area (Å²) < 4.78 is 0. The topological polar surface area (TPSA) is 57.5 Å². The fourth-order valence-electron chi connectivity index (χ4n) is 0. The van der Waals surface area contributed by atoms with Crippen LogP contribution in [0.15, 0.2) is 48.6 Å². The number of carbonyl (C=O) groups is 1. The van der Waals surface area contributed by atoms with Crippen LogP contribution in [0.1, 0.15) is 55.4 Å². The summed E-state index contributed by atoms with van der Waals surface area (Å²) >= 11 is 0. The van der Waals surface area contributed by atoms with E-state index in [0.29, 0.717) is 0 Å². The standard InChI is InChI=1S/4C4H8.CH2O3/c4*1-4(2)3;2-1(3)4/h4*1H2,2-3H3;(H2,2,3,4). The van der Waals surface area contributed by atoms with Crippen LogP contribution in [0.2, 0.25) is 0 Å². The highest BCUT2D eigenvalue weighted by Crippen LogP contribution is 1.74. The zero-order valence-corrected chi connectivity index (χ0v) is 14.6. The summed E-state index contributed by atoms with van der Waals surface area (Å²) in [4.78, 5) is 8.56. The van der Waals surface area contributed by atoms with Crippen molar-refractivity contribution in [3.63, 3.8) is 0 Å². The molecule has 0 amide bonds. The Hall–Kier alpha value is -1.77. The molecule has 0 spiro atoms. The number of carboxylic acid groups (broad SMARTS) is 2. The van der Waals surface area contributed by atoms with Crippen molar-refractivity contribution in [2.75, 3.05) is 0 Å². The Balaban J connectivity index is -0.0000000469. The van der Waals surface area contributed by atoms with Gasteiger partial charge in [-0.25, -0.2) is 4.79 Å². The first-order chi connectivity index (χ1) is 8.66. The zero-order chi connectivity index (χ0) is 17.9. The molecule has 0 saturated heterocycles. The normalized spacial score (nSPS) is 6.40. The van der Waals surface area contributed by atoms with Gasteiger partial charge in [0.25, 0.3) is 0 Å². The number of allylic oxidation sites excluding steroid dienone is 4. The summed E-state index contributed by atoms with van der Waals surface area (Å²) in [7, 11) is 0. The van der Waals surface area contributed by atoms with Gasteiger partial charge in [-0.05, 0) is 55.4 Å². The van der Waals surface area contributed by atoms with E-state index in [1.807, 2.05) is 55.4 Å². The minimum atomic E-state index is -1.83. The zero-order valence-electron chi connectivity index (χ0n) is 14.6. The highest BCUT2D eigenvalue weighted by molar-refractivity contribution is 5.53. The lowest BCUT2D eigenvalue weighted by molar-refractivity contribution is 0.137. The molecular weight excluding hydrogens is 252 g/mol. The van der Waals surface area contributed by atoms with E-state index in [1.54, 1.807) is 0 Å². The first kappa shape index (κ1) is 30.9. The Morgan fingerprint density at radius 1 is 0.550 bits per heavy atom. The first-order valence-electron chi connectivity index (χ1n) is 6.07. The summed E-state index contributed by atoms with van der Waals surface area (Å²) in [5.41, 5.74) is 4.67. The van der Waals surface area contributed by atoms with Crippen LogP contribution in [0.5, 0.6) is 0 Å². The van der Waals surface area contributed by atoms with E-state index in [4.69, 9.17) is 15.0 Å². The van der Waals surface area contributed by atoms with Gasteiger partial charge in [-0.2, -0.15) is 0 Å². The van der Waals surface area contributed by atoms with Gasteiger partial charge in [-0.15, -0.1) is 26.3 Å². The van der Waals surface area contributed by atoms with E-state index in [1.165, 1.54) is 22.3 Å². The van der Waals surface area contributed by atoms with Gasteiger partial charge in [0.1, 0.15) is 0 Å². The van der Waals surface area contributed by atoms with E-state index < -0.39 is 6.16 Å². The molecule has 3 heteroatoms. The molecule has 0 unspecified atom stereocenters. The summed E-state index contributed by atoms with van der Waals surface area (Å²) in [6.07, 6.45) is -1.83. The average molecular weight is 286 g/mol. The molecule has 3 nitrogen and oxygen atoms in total. The molecule has 0 saturated carbocycles. The molecule has 0 aromatic carbocycles. The third-order valence-corrected chi connectivity index (χ3v) is 0. The molecule has 0 aliphatic carbocycles. The monoisotopic (exact) mass is 286 g/mol. The molecule has 0 rings (SSSR count). The van der Waals surface area contributed by atoms with Crippen molar-refractivity contribution in [1.82, 2.24) is 0 Å². The van der Waals surface area contributed by atoms with Crippen LogP contribution in [0, 0.1) is 0 Å². The van der Waals surface area contributed by atoms with Crippen LogP contribution in [0.3, 0.4) is 0 Å². The fourth-order valence-corrected chi connectivity index (χ4v) is 0. The predicted octanol–water partition coefficient (Wildman–Crippen LogP) is 6.55. The molecule has 0 aliphatic rings. The molecule has 20 heavy (non-hydrogen) atoms. The smallest absolute Gasteiger partial charge is 0.450 e. The number of hydrogen-bond donors (Lipinski definition) is 2. The molecule has 0 aliphatic heterocycles. The second-order valence-corrected chi connectivity index (χ2v) is 5.11. The fraction of sp³-hybridized carbons (Fsp3) is 0.471. The first-order valence-corrected chi connectivity index (χ1v) is 6.07. The summed E-state index contributed by atoms with van der Waals surface area (Å²) in [6.45, 7) is 30.0. The maximum Gasteiger partial charge on any atom is 0.503 e.